The molecule has 0 fully saturated rings. The lowest BCUT2D eigenvalue weighted by atomic mass is 10.2. The van der Waals surface area contributed by atoms with E-state index in [0.717, 1.165) is 22.6 Å². The van der Waals surface area contributed by atoms with E-state index in [1.165, 1.54) is 0 Å². The summed E-state index contributed by atoms with van der Waals surface area (Å²) in [7, 11) is 2.01. The average molecular weight is 328 g/mol. The predicted octanol–water partition coefficient (Wildman–Crippen LogP) is 3.77. The fourth-order valence-electron chi connectivity index (χ4n) is 2.53. The van der Waals surface area contributed by atoms with Crippen LogP contribution in [-0.2, 0) is 6.54 Å². The SMILES string of the molecule is C[C@@H](c1nc2ccccc2c(=O)[nH]1)N(C)Cc1ccc(Cl)cc1. The third-order valence-electron chi connectivity index (χ3n) is 4.03. The molecule has 0 aliphatic rings. The van der Waals surface area contributed by atoms with Gasteiger partial charge in [-0.1, -0.05) is 35.9 Å². The molecular weight excluding hydrogens is 310 g/mol. The predicted molar refractivity (Wildman–Crippen MR) is 93.7 cm³/mol. The number of halogens is 1. The van der Waals surface area contributed by atoms with Crippen molar-refractivity contribution in [3.05, 3.63) is 75.3 Å². The van der Waals surface area contributed by atoms with E-state index in [0.29, 0.717) is 11.2 Å². The number of aromatic amines is 1. The normalized spacial score (nSPS) is 12.7. The topological polar surface area (TPSA) is 49.0 Å². The highest BCUT2D eigenvalue weighted by atomic mass is 35.5. The summed E-state index contributed by atoms with van der Waals surface area (Å²) in [6.45, 7) is 2.78. The van der Waals surface area contributed by atoms with Crippen LogP contribution in [0.3, 0.4) is 0 Å². The second kappa shape index (κ2) is 6.52. The second-order valence-electron chi connectivity index (χ2n) is 5.69. The first-order valence-electron chi connectivity index (χ1n) is 7.48. The molecule has 4 nitrogen and oxygen atoms in total. The number of hydrogen-bond donors (Lipinski definition) is 1. The minimum atomic E-state index is -0.0997. The fourth-order valence-corrected chi connectivity index (χ4v) is 2.65. The van der Waals surface area contributed by atoms with E-state index in [1.807, 2.05) is 56.4 Å². The number of benzene rings is 2. The van der Waals surface area contributed by atoms with Gasteiger partial charge in [0.1, 0.15) is 5.82 Å². The average Bonchev–Trinajstić information content (AvgIpc) is 2.56. The Morgan fingerprint density at radius 1 is 1.17 bits per heavy atom. The van der Waals surface area contributed by atoms with Gasteiger partial charge in [0.25, 0.3) is 5.56 Å². The van der Waals surface area contributed by atoms with Crippen molar-refractivity contribution in [2.75, 3.05) is 7.05 Å². The molecule has 1 heterocycles. The summed E-state index contributed by atoms with van der Waals surface area (Å²) >= 11 is 5.92. The minimum absolute atomic E-state index is 0.0111. The van der Waals surface area contributed by atoms with Crippen molar-refractivity contribution in [2.24, 2.45) is 0 Å². The molecule has 0 bridgehead atoms. The first-order chi connectivity index (χ1) is 11.0. The van der Waals surface area contributed by atoms with Crippen LogP contribution in [0, 0.1) is 0 Å². The molecule has 3 aromatic rings. The molecule has 3 rings (SSSR count). The molecule has 5 heteroatoms. The van der Waals surface area contributed by atoms with Crippen molar-refractivity contribution in [3.63, 3.8) is 0 Å². The van der Waals surface area contributed by atoms with Gasteiger partial charge in [-0.2, -0.15) is 0 Å². The third-order valence-corrected chi connectivity index (χ3v) is 4.29. The third kappa shape index (κ3) is 3.44. The van der Waals surface area contributed by atoms with Gasteiger partial charge in [-0.05, 0) is 43.8 Å². The fraction of sp³-hybridized carbons (Fsp3) is 0.222. The maximum absolute atomic E-state index is 12.2. The Morgan fingerprint density at radius 3 is 2.61 bits per heavy atom. The molecule has 0 saturated heterocycles. The van der Waals surface area contributed by atoms with Crippen molar-refractivity contribution in [1.29, 1.82) is 0 Å². The first-order valence-corrected chi connectivity index (χ1v) is 7.86. The van der Waals surface area contributed by atoms with Crippen LogP contribution in [-0.4, -0.2) is 21.9 Å². The van der Waals surface area contributed by atoms with Crippen LogP contribution < -0.4 is 5.56 Å². The zero-order chi connectivity index (χ0) is 16.4. The Hall–Kier alpha value is -2.17. The molecule has 0 amide bonds. The van der Waals surface area contributed by atoms with E-state index in [-0.39, 0.29) is 11.6 Å². The highest BCUT2D eigenvalue weighted by Gasteiger charge is 2.15. The van der Waals surface area contributed by atoms with Crippen molar-refractivity contribution in [3.8, 4) is 0 Å². The summed E-state index contributed by atoms with van der Waals surface area (Å²) in [6.07, 6.45) is 0. The molecule has 0 radical (unpaired) electrons. The number of nitrogens with zero attached hydrogens (tertiary/aromatic N) is 2. The summed E-state index contributed by atoms with van der Waals surface area (Å²) in [5, 5.41) is 1.34. The summed E-state index contributed by atoms with van der Waals surface area (Å²) in [5.41, 5.74) is 1.78. The molecule has 0 saturated carbocycles. The van der Waals surface area contributed by atoms with Crippen LogP contribution in [0.4, 0.5) is 0 Å². The number of rotatable bonds is 4. The Balaban J connectivity index is 1.85. The molecule has 0 unspecified atom stereocenters. The van der Waals surface area contributed by atoms with Crippen LogP contribution in [0.25, 0.3) is 10.9 Å². The highest BCUT2D eigenvalue weighted by Crippen LogP contribution is 2.19. The van der Waals surface area contributed by atoms with Crippen LogP contribution in [0.2, 0.25) is 5.02 Å². The quantitative estimate of drug-likeness (QED) is 0.793. The van der Waals surface area contributed by atoms with E-state index in [9.17, 15) is 4.79 Å². The van der Waals surface area contributed by atoms with E-state index in [2.05, 4.69) is 14.9 Å². The summed E-state index contributed by atoms with van der Waals surface area (Å²) in [5.74, 6) is 0.671. The van der Waals surface area contributed by atoms with Crippen LogP contribution in [0.1, 0.15) is 24.4 Å². The molecule has 1 atom stereocenters. The van der Waals surface area contributed by atoms with Crippen LogP contribution >= 0.6 is 11.6 Å². The number of H-pyrrole nitrogens is 1. The standard InChI is InChI=1S/C18H18ClN3O/c1-12(22(2)11-13-7-9-14(19)10-8-13)17-20-16-6-4-3-5-15(16)18(23)21-17/h3-10,12H,11H2,1-2H3,(H,20,21,23)/t12-/m0/s1. The Morgan fingerprint density at radius 2 is 1.87 bits per heavy atom. The Kier molecular flexibility index (Phi) is 4.46. The number of para-hydroxylation sites is 1. The molecule has 0 aliphatic carbocycles. The lowest BCUT2D eigenvalue weighted by molar-refractivity contribution is 0.244. The smallest absolute Gasteiger partial charge is 0.258 e. The second-order valence-corrected chi connectivity index (χ2v) is 6.12. The largest absolute Gasteiger partial charge is 0.309 e. The number of aromatic nitrogens is 2. The molecule has 0 aliphatic heterocycles. The van der Waals surface area contributed by atoms with Gasteiger partial charge in [-0.15, -0.1) is 0 Å². The van der Waals surface area contributed by atoms with Gasteiger partial charge in [0.05, 0.1) is 16.9 Å². The van der Waals surface area contributed by atoms with E-state index >= 15 is 0 Å². The first kappa shape index (κ1) is 15.7. The van der Waals surface area contributed by atoms with Crippen LogP contribution in [0.15, 0.2) is 53.3 Å². The molecule has 2 aromatic carbocycles. The Labute approximate surface area is 139 Å². The van der Waals surface area contributed by atoms with E-state index < -0.39 is 0 Å². The monoisotopic (exact) mass is 327 g/mol. The highest BCUT2D eigenvalue weighted by molar-refractivity contribution is 6.30. The number of hydrogen-bond acceptors (Lipinski definition) is 3. The van der Waals surface area contributed by atoms with Gasteiger partial charge in [0.2, 0.25) is 0 Å². The van der Waals surface area contributed by atoms with Crippen molar-refractivity contribution in [2.45, 2.75) is 19.5 Å². The number of fused-ring (bicyclic) bond motifs is 1. The van der Waals surface area contributed by atoms with Gasteiger partial charge in [-0.3, -0.25) is 9.69 Å². The molecule has 23 heavy (non-hydrogen) atoms. The summed E-state index contributed by atoms with van der Waals surface area (Å²) < 4.78 is 0. The van der Waals surface area contributed by atoms with Gasteiger partial charge in [0, 0.05) is 11.6 Å². The Bertz CT molecular complexity index is 873. The van der Waals surface area contributed by atoms with E-state index in [1.54, 1.807) is 6.07 Å². The van der Waals surface area contributed by atoms with Gasteiger partial charge < -0.3 is 4.98 Å². The zero-order valence-electron chi connectivity index (χ0n) is 13.1. The van der Waals surface area contributed by atoms with Crippen molar-refractivity contribution < 1.29 is 0 Å². The maximum atomic E-state index is 12.2. The lowest BCUT2D eigenvalue weighted by Gasteiger charge is -2.24. The van der Waals surface area contributed by atoms with Gasteiger partial charge >= 0.3 is 0 Å². The van der Waals surface area contributed by atoms with Crippen LogP contribution in [0.5, 0.6) is 0 Å². The molecule has 118 valence electrons. The molecule has 1 N–H and O–H groups in total. The zero-order valence-corrected chi connectivity index (χ0v) is 13.8. The van der Waals surface area contributed by atoms with E-state index in [4.69, 9.17) is 11.6 Å². The van der Waals surface area contributed by atoms with Crippen molar-refractivity contribution in [1.82, 2.24) is 14.9 Å². The lowest BCUT2D eigenvalue weighted by Crippen LogP contribution is -2.26. The summed E-state index contributed by atoms with van der Waals surface area (Å²) in [6, 6.07) is 15.1. The maximum Gasteiger partial charge on any atom is 0.258 e. The molecular formula is C18H18ClN3O. The molecule has 0 spiro atoms. The van der Waals surface area contributed by atoms with Gasteiger partial charge in [0.15, 0.2) is 0 Å². The minimum Gasteiger partial charge on any atom is -0.309 e. The summed E-state index contributed by atoms with van der Waals surface area (Å²) in [4.78, 5) is 21.8. The van der Waals surface area contributed by atoms with Crippen molar-refractivity contribution >= 4 is 22.5 Å². The molecule has 1 aromatic heterocycles. The van der Waals surface area contributed by atoms with Gasteiger partial charge in [-0.25, -0.2) is 4.98 Å². The number of nitrogens with one attached hydrogen (secondary N) is 1.